The molecule has 5 aromatic rings. The number of nitrogens with zero attached hydrogens (tertiary/aromatic N) is 3. The second kappa shape index (κ2) is 14.9. The second-order valence-electron chi connectivity index (χ2n) is 10.5. The molecule has 10 heteroatoms. The zero-order chi connectivity index (χ0) is 31.6. The lowest BCUT2D eigenvalue weighted by Gasteiger charge is -2.19. The maximum atomic E-state index is 13.2. The Hall–Kier alpha value is -5.38. The molecular weight excluding hydrogens is 572 g/mol. The van der Waals surface area contributed by atoms with Gasteiger partial charge in [0.1, 0.15) is 42.6 Å². The molecule has 2 heterocycles. The van der Waals surface area contributed by atoms with Crippen LogP contribution in [0.2, 0.25) is 0 Å². The summed E-state index contributed by atoms with van der Waals surface area (Å²) in [7, 11) is 0. The Morgan fingerprint density at radius 1 is 0.889 bits per heavy atom. The average molecular weight is 609 g/mol. The molecule has 0 aliphatic heterocycles. The van der Waals surface area contributed by atoms with E-state index in [4.69, 9.17) is 23.4 Å². The van der Waals surface area contributed by atoms with Crippen molar-refractivity contribution in [2.75, 3.05) is 13.2 Å². The van der Waals surface area contributed by atoms with Gasteiger partial charge in [0, 0.05) is 18.7 Å². The minimum atomic E-state index is -0.415. The standard InChI is InChI=1S/C35H36N4O6/c1-5-36-35(40)33-32(31-17-26(38-44-31)20-37-43-6-2)34(45-39-33)28-18-27(23(3)4)29(41-21-24-13-9-7-10-14-24)19-30(28)42-22-25-15-11-8-12-16-25/h7-20,23H,5-6,21-22H2,1-4H3,(H,36,40). The number of carbonyl (C=O) groups excluding carboxylic acids is 1. The largest absolute Gasteiger partial charge is 0.488 e. The predicted octanol–water partition coefficient (Wildman–Crippen LogP) is 7.40. The molecule has 10 nitrogen and oxygen atoms in total. The maximum Gasteiger partial charge on any atom is 0.274 e. The number of oxime groups is 1. The fraction of sp³-hybridized carbons (Fsp3) is 0.257. The molecule has 5 rings (SSSR count). The number of carbonyl (C=O) groups is 1. The highest BCUT2D eigenvalue weighted by Gasteiger charge is 2.30. The number of hydrogen-bond donors (Lipinski definition) is 1. The Morgan fingerprint density at radius 2 is 1.56 bits per heavy atom. The summed E-state index contributed by atoms with van der Waals surface area (Å²) in [6.07, 6.45) is 1.43. The van der Waals surface area contributed by atoms with Crippen LogP contribution in [-0.2, 0) is 18.1 Å². The lowest BCUT2D eigenvalue weighted by Crippen LogP contribution is -2.23. The van der Waals surface area contributed by atoms with Crippen molar-refractivity contribution in [2.45, 2.75) is 46.8 Å². The van der Waals surface area contributed by atoms with E-state index in [9.17, 15) is 4.79 Å². The molecule has 3 aromatic carbocycles. The molecule has 0 atom stereocenters. The van der Waals surface area contributed by atoms with Crippen LogP contribution in [-0.4, -0.2) is 35.6 Å². The van der Waals surface area contributed by atoms with Gasteiger partial charge in [0.05, 0.1) is 11.8 Å². The molecule has 0 aliphatic rings. The minimum Gasteiger partial charge on any atom is -0.488 e. The topological polar surface area (TPSA) is 121 Å². The molecule has 1 amide bonds. The summed E-state index contributed by atoms with van der Waals surface area (Å²) in [6.45, 7) is 9.31. The third kappa shape index (κ3) is 7.59. The molecule has 0 bridgehead atoms. The zero-order valence-corrected chi connectivity index (χ0v) is 25.8. The average Bonchev–Trinajstić information content (AvgIpc) is 3.71. The highest BCUT2D eigenvalue weighted by atomic mass is 16.6. The van der Waals surface area contributed by atoms with Crippen molar-refractivity contribution in [1.82, 2.24) is 15.6 Å². The summed E-state index contributed by atoms with van der Waals surface area (Å²) in [5.74, 6) is 1.40. The molecular formula is C35H36N4O6. The summed E-state index contributed by atoms with van der Waals surface area (Å²) in [5.41, 5.74) is 4.33. The van der Waals surface area contributed by atoms with Gasteiger partial charge in [-0.2, -0.15) is 0 Å². The van der Waals surface area contributed by atoms with E-state index in [1.54, 1.807) is 6.07 Å². The van der Waals surface area contributed by atoms with E-state index >= 15 is 0 Å². The Morgan fingerprint density at radius 3 is 2.18 bits per heavy atom. The van der Waals surface area contributed by atoms with E-state index in [1.807, 2.05) is 86.6 Å². The highest BCUT2D eigenvalue weighted by molar-refractivity contribution is 6.02. The van der Waals surface area contributed by atoms with Crippen molar-refractivity contribution in [3.63, 3.8) is 0 Å². The molecule has 2 aromatic heterocycles. The Kier molecular flexibility index (Phi) is 10.3. The van der Waals surface area contributed by atoms with Crippen molar-refractivity contribution in [2.24, 2.45) is 5.16 Å². The van der Waals surface area contributed by atoms with Gasteiger partial charge in [0.2, 0.25) is 0 Å². The number of amides is 1. The van der Waals surface area contributed by atoms with Crippen LogP contribution in [0.25, 0.3) is 22.6 Å². The predicted molar refractivity (Wildman–Crippen MR) is 170 cm³/mol. The van der Waals surface area contributed by atoms with Crippen LogP contribution in [0.1, 0.15) is 66.5 Å². The molecule has 0 unspecified atom stereocenters. The zero-order valence-electron chi connectivity index (χ0n) is 25.8. The lowest BCUT2D eigenvalue weighted by molar-refractivity contribution is 0.0947. The Labute approximate surface area is 262 Å². The van der Waals surface area contributed by atoms with Gasteiger partial charge < -0.3 is 28.7 Å². The maximum absolute atomic E-state index is 13.2. The lowest BCUT2D eigenvalue weighted by atomic mass is 9.95. The van der Waals surface area contributed by atoms with Gasteiger partial charge in [-0.05, 0) is 42.5 Å². The number of ether oxygens (including phenoxy) is 2. The molecule has 1 N–H and O–H groups in total. The normalized spacial score (nSPS) is 11.2. The summed E-state index contributed by atoms with van der Waals surface area (Å²) >= 11 is 0. The summed E-state index contributed by atoms with van der Waals surface area (Å²) in [4.78, 5) is 18.2. The van der Waals surface area contributed by atoms with Crippen LogP contribution in [0.5, 0.6) is 11.5 Å². The number of benzene rings is 3. The number of rotatable bonds is 14. The first-order chi connectivity index (χ1) is 22.0. The molecule has 0 aliphatic carbocycles. The minimum absolute atomic E-state index is 0.0563. The van der Waals surface area contributed by atoms with Crippen molar-refractivity contribution >= 4 is 12.1 Å². The van der Waals surface area contributed by atoms with Crippen LogP contribution in [0.3, 0.4) is 0 Å². The van der Waals surface area contributed by atoms with Crippen LogP contribution in [0, 0.1) is 0 Å². The van der Waals surface area contributed by atoms with Crippen molar-refractivity contribution < 1.29 is 28.2 Å². The number of hydrogen-bond acceptors (Lipinski definition) is 9. The van der Waals surface area contributed by atoms with Gasteiger partial charge in [-0.15, -0.1) is 0 Å². The smallest absolute Gasteiger partial charge is 0.274 e. The third-order valence-corrected chi connectivity index (χ3v) is 6.86. The molecule has 0 saturated carbocycles. The Balaban J connectivity index is 1.64. The van der Waals surface area contributed by atoms with Crippen LogP contribution in [0.4, 0.5) is 0 Å². The summed E-state index contributed by atoms with van der Waals surface area (Å²) in [6, 6.07) is 25.3. The van der Waals surface area contributed by atoms with E-state index in [-0.39, 0.29) is 17.4 Å². The number of aromatic nitrogens is 2. The molecule has 45 heavy (non-hydrogen) atoms. The fourth-order valence-electron chi connectivity index (χ4n) is 4.66. The first-order valence-corrected chi connectivity index (χ1v) is 14.9. The quantitative estimate of drug-likeness (QED) is 0.102. The van der Waals surface area contributed by atoms with Crippen molar-refractivity contribution in [3.8, 4) is 34.1 Å². The van der Waals surface area contributed by atoms with Gasteiger partial charge in [0.25, 0.3) is 5.91 Å². The first kappa shape index (κ1) is 31.1. The third-order valence-electron chi connectivity index (χ3n) is 6.86. The van der Waals surface area contributed by atoms with Gasteiger partial charge in [0.15, 0.2) is 17.2 Å². The van der Waals surface area contributed by atoms with Gasteiger partial charge in [-0.3, -0.25) is 4.79 Å². The number of nitrogens with one attached hydrogen (secondary N) is 1. The molecule has 0 radical (unpaired) electrons. The molecule has 0 saturated heterocycles. The second-order valence-corrected chi connectivity index (χ2v) is 10.5. The highest BCUT2D eigenvalue weighted by Crippen LogP contribution is 2.44. The van der Waals surface area contributed by atoms with Gasteiger partial charge >= 0.3 is 0 Å². The van der Waals surface area contributed by atoms with Gasteiger partial charge in [-0.1, -0.05) is 90.0 Å². The van der Waals surface area contributed by atoms with E-state index in [2.05, 4.69) is 34.6 Å². The SMILES string of the molecule is CCNC(=O)c1noc(-c2cc(C(C)C)c(OCc3ccccc3)cc2OCc2ccccc2)c1-c1cc(C=NOCC)no1. The monoisotopic (exact) mass is 608 g/mol. The Bertz CT molecular complexity index is 1730. The van der Waals surface area contributed by atoms with E-state index in [0.717, 1.165) is 16.7 Å². The molecule has 0 spiro atoms. The summed E-state index contributed by atoms with van der Waals surface area (Å²) < 4.78 is 24.4. The van der Waals surface area contributed by atoms with E-state index < -0.39 is 5.91 Å². The fourth-order valence-corrected chi connectivity index (χ4v) is 4.66. The van der Waals surface area contributed by atoms with E-state index in [0.29, 0.717) is 60.4 Å². The molecule has 0 fully saturated rings. The van der Waals surface area contributed by atoms with Gasteiger partial charge in [-0.25, -0.2) is 0 Å². The van der Waals surface area contributed by atoms with E-state index in [1.165, 1.54) is 6.21 Å². The first-order valence-electron chi connectivity index (χ1n) is 14.9. The summed E-state index contributed by atoms with van der Waals surface area (Å²) in [5, 5.41) is 14.9. The van der Waals surface area contributed by atoms with Crippen molar-refractivity contribution in [1.29, 1.82) is 0 Å². The van der Waals surface area contributed by atoms with Crippen LogP contribution in [0.15, 0.2) is 93.1 Å². The van der Waals surface area contributed by atoms with Crippen molar-refractivity contribution in [3.05, 3.63) is 107 Å². The van der Waals surface area contributed by atoms with Crippen LogP contribution >= 0.6 is 0 Å². The van der Waals surface area contributed by atoms with Crippen LogP contribution < -0.4 is 14.8 Å². The molecule has 232 valence electrons.